The molecular formula is C26H45NO23S. The topological polar surface area (TPSA) is 380 Å². The minimum Gasteiger partial charge on any atom is -0.394 e. The van der Waals surface area contributed by atoms with Crippen LogP contribution in [0.5, 0.6) is 0 Å². The van der Waals surface area contributed by atoms with Crippen LogP contribution in [0.2, 0.25) is 0 Å². The number of amides is 1. The first-order chi connectivity index (χ1) is 23.8. The van der Waals surface area contributed by atoms with Crippen molar-refractivity contribution in [3.63, 3.8) is 0 Å². The first-order valence-corrected chi connectivity index (χ1v) is 17.0. The monoisotopic (exact) mass is 771 g/mol. The highest BCUT2D eigenvalue weighted by atomic mass is 32.3. The van der Waals surface area contributed by atoms with Gasteiger partial charge in [-0.3, -0.25) is 9.35 Å². The quantitative estimate of drug-likeness (QED) is 0.0819. The smallest absolute Gasteiger partial charge is 0.394 e. The van der Waals surface area contributed by atoms with Crippen molar-refractivity contribution in [2.45, 2.75) is 137 Å². The molecular weight excluding hydrogens is 726 g/mol. The highest BCUT2D eigenvalue weighted by Gasteiger charge is 2.57. The van der Waals surface area contributed by atoms with Gasteiger partial charge in [-0.1, -0.05) is 0 Å². The number of aliphatic hydroxyl groups excluding tert-OH is 11. The highest BCUT2D eigenvalue weighted by Crippen LogP contribution is 2.36. The molecule has 0 bridgehead atoms. The molecule has 0 spiro atoms. The zero-order chi connectivity index (χ0) is 38.1. The summed E-state index contributed by atoms with van der Waals surface area (Å²) in [5.41, 5.74) is 0. The lowest BCUT2D eigenvalue weighted by Gasteiger charge is -2.50. The molecule has 4 rings (SSSR count). The van der Waals surface area contributed by atoms with E-state index in [1.54, 1.807) is 0 Å². The van der Waals surface area contributed by atoms with Crippen LogP contribution >= 0.6 is 0 Å². The molecule has 20 atom stereocenters. The molecule has 298 valence electrons. The first-order valence-electron chi connectivity index (χ1n) is 15.6. The molecule has 4 fully saturated rings. The van der Waals surface area contributed by atoms with Gasteiger partial charge in [-0.05, 0) is 6.92 Å². The molecule has 0 aromatic heterocycles. The van der Waals surface area contributed by atoms with Crippen molar-refractivity contribution in [2.24, 2.45) is 0 Å². The molecule has 0 aromatic carbocycles. The molecule has 4 aliphatic rings. The number of carbonyl (C=O) groups is 1. The van der Waals surface area contributed by atoms with E-state index in [-0.39, 0.29) is 0 Å². The Morgan fingerprint density at radius 3 is 1.63 bits per heavy atom. The maximum Gasteiger partial charge on any atom is 0.397 e. The number of nitrogens with one attached hydrogen (secondary N) is 1. The van der Waals surface area contributed by atoms with Gasteiger partial charge in [0.2, 0.25) is 5.91 Å². The van der Waals surface area contributed by atoms with Gasteiger partial charge in [0.15, 0.2) is 25.2 Å². The van der Waals surface area contributed by atoms with Crippen LogP contribution in [-0.4, -0.2) is 218 Å². The summed E-state index contributed by atoms with van der Waals surface area (Å²) in [6.07, 6.45) is -36.1. The predicted molar refractivity (Wildman–Crippen MR) is 154 cm³/mol. The van der Waals surface area contributed by atoms with Crippen molar-refractivity contribution < 1.29 is 111 Å². The van der Waals surface area contributed by atoms with Gasteiger partial charge in [-0.2, -0.15) is 8.42 Å². The molecule has 0 radical (unpaired) electrons. The van der Waals surface area contributed by atoms with Gasteiger partial charge in [0, 0.05) is 6.92 Å². The summed E-state index contributed by atoms with van der Waals surface area (Å²) in [5.74, 6) is -0.751. The lowest BCUT2D eigenvalue weighted by Crippen LogP contribution is -2.70. The Balaban J connectivity index is 1.76. The number of rotatable bonds is 12. The molecule has 0 aromatic rings. The van der Waals surface area contributed by atoms with E-state index in [2.05, 4.69) is 9.50 Å². The Kier molecular flexibility index (Phi) is 14.4. The third-order valence-corrected chi connectivity index (χ3v) is 9.24. The first kappa shape index (κ1) is 42.4. The van der Waals surface area contributed by atoms with Crippen LogP contribution in [0.1, 0.15) is 13.8 Å². The number of ether oxygens (including phenoxy) is 7. The second kappa shape index (κ2) is 17.4. The summed E-state index contributed by atoms with van der Waals surface area (Å²) in [5, 5.41) is 118. The van der Waals surface area contributed by atoms with E-state index in [9.17, 15) is 73.9 Å². The minimum atomic E-state index is -5.36. The number of hydrogen-bond donors (Lipinski definition) is 13. The van der Waals surface area contributed by atoms with Crippen molar-refractivity contribution in [3.8, 4) is 0 Å². The van der Waals surface area contributed by atoms with E-state index in [1.807, 2.05) is 0 Å². The SMILES string of the molecule is CC(=O)N[C@@H]1[C@@H](O[C@@H]2O[C@H](CO)[C@H](O)[C@H](O[C@@H]3O[C@H](CO)[C@H](O)[C@H](OS(=O)(=O)O)[C@H]3O)[C@H]2O[C@@H]2O[C@@H](C)[C@@H](O)[C@@H](O)[C@@H]2O)[C@@H](O)[C@@H](CO)O[C@@H]1O. The molecule has 0 aliphatic carbocycles. The van der Waals surface area contributed by atoms with Crippen molar-refractivity contribution in [2.75, 3.05) is 19.8 Å². The van der Waals surface area contributed by atoms with Crippen LogP contribution in [0.4, 0.5) is 0 Å². The fourth-order valence-electron chi connectivity index (χ4n) is 6.10. The van der Waals surface area contributed by atoms with Crippen molar-refractivity contribution in [1.29, 1.82) is 0 Å². The molecule has 4 aliphatic heterocycles. The Morgan fingerprint density at radius 1 is 0.608 bits per heavy atom. The average Bonchev–Trinajstić information content (AvgIpc) is 3.06. The van der Waals surface area contributed by atoms with Gasteiger partial charge in [0.25, 0.3) is 0 Å². The zero-order valence-corrected chi connectivity index (χ0v) is 27.8. The van der Waals surface area contributed by atoms with Gasteiger partial charge < -0.3 is 94.6 Å². The van der Waals surface area contributed by atoms with E-state index in [4.69, 9.17) is 33.2 Å². The zero-order valence-electron chi connectivity index (χ0n) is 26.9. The maximum atomic E-state index is 12.0. The van der Waals surface area contributed by atoms with Crippen LogP contribution < -0.4 is 5.32 Å². The third-order valence-electron chi connectivity index (χ3n) is 8.78. The van der Waals surface area contributed by atoms with Gasteiger partial charge in [0.05, 0.1) is 25.9 Å². The largest absolute Gasteiger partial charge is 0.397 e. The average molecular weight is 772 g/mol. The summed E-state index contributed by atoms with van der Waals surface area (Å²) in [4.78, 5) is 12.0. The molecule has 25 heteroatoms. The van der Waals surface area contributed by atoms with Crippen molar-refractivity contribution in [1.82, 2.24) is 5.32 Å². The molecule has 13 N–H and O–H groups in total. The van der Waals surface area contributed by atoms with Crippen LogP contribution in [0.25, 0.3) is 0 Å². The van der Waals surface area contributed by atoms with Gasteiger partial charge in [-0.15, -0.1) is 0 Å². The maximum absolute atomic E-state index is 12.0. The third kappa shape index (κ3) is 9.47. The Bertz CT molecular complexity index is 1250. The van der Waals surface area contributed by atoms with E-state index < -0.39 is 159 Å². The fourth-order valence-corrected chi connectivity index (χ4v) is 6.60. The normalized spacial score (nSPS) is 48.3. The van der Waals surface area contributed by atoms with Crippen LogP contribution in [0, 0.1) is 0 Å². The lowest BCUT2D eigenvalue weighted by atomic mass is 9.94. The molecule has 1 amide bonds. The second-order valence-electron chi connectivity index (χ2n) is 12.4. The summed E-state index contributed by atoms with van der Waals surface area (Å²) >= 11 is 0. The molecule has 51 heavy (non-hydrogen) atoms. The number of hydrogen-bond acceptors (Lipinski definition) is 22. The van der Waals surface area contributed by atoms with Gasteiger partial charge >= 0.3 is 10.4 Å². The molecule has 0 saturated carbocycles. The standard InChI is InChI=1S/C26H45NO23S/c1-6-12(32)16(36)17(37)24(43-6)49-22-21(48-25-18(38)20(50-51(40,41)42)14(34)9(4-29)45-25)15(35)10(5-30)46-26(22)47-19-11(27-7(2)31)23(39)44-8(3-28)13(19)33/h6,8-26,28-30,32-39H,3-5H2,1-2H3,(H,27,31)(H,40,41,42)/t6-,8+,9+,10+,11+,12+,13-,14-,15-,16+,17-,18+,19+,20-,21-,22+,23-,24-,25-,26-/m0/s1. The summed E-state index contributed by atoms with van der Waals surface area (Å²) < 4.78 is 76.0. The Labute approximate surface area is 289 Å². The Morgan fingerprint density at radius 2 is 1.08 bits per heavy atom. The Hall–Kier alpha value is -1.38. The number of aliphatic hydroxyl groups is 11. The highest BCUT2D eigenvalue weighted by molar-refractivity contribution is 7.80. The molecule has 4 heterocycles. The van der Waals surface area contributed by atoms with Crippen LogP contribution in [-0.2, 0) is 52.5 Å². The van der Waals surface area contributed by atoms with Crippen molar-refractivity contribution >= 4 is 16.3 Å². The minimum absolute atomic E-state index is 0.751. The van der Waals surface area contributed by atoms with Gasteiger partial charge in [-0.25, -0.2) is 4.18 Å². The van der Waals surface area contributed by atoms with Crippen molar-refractivity contribution in [3.05, 3.63) is 0 Å². The number of carbonyl (C=O) groups excluding carboxylic acids is 1. The van der Waals surface area contributed by atoms with Crippen LogP contribution in [0.3, 0.4) is 0 Å². The molecule has 0 unspecified atom stereocenters. The predicted octanol–water partition coefficient (Wildman–Crippen LogP) is -8.75. The molecule has 24 nitrogen and oxygen atoms in total. The van der Waals surface area contributed by atoms with Gasteiger partial charge in [0.1, 0.15) is 91.5 Å². The lowest BCUT2D eigenvalue weighted by molar-refractivity contribution is -0.400. The molecule has 4 saturated heterocycles. The summed E-state index contributed by atoms with van der Waals surface area (Å²) in [7, 11) is -5.36. The second-order valence-corrected chi connectivity index (χ2v) is 13.4. The summed E-state index contributed by atoms with van der Waals surface area (Å²) in [6, 6.07) is -1.59. The van der Waals surface area contributed by atoms with Crippen LogP contribution in [0.15, 0.2) is 0 Å². The van der Waals surface area contributed by atoms with E-state index in [0.29, 0.717) is 0 Å². The van der Waals surface area contributed by atoms with E-state index in [0.717, 1.165) is 6.92 Å². The van der Waals surface area contributed by atoms with E-state index >= 15 is 0 Å². The fraction of sp³-hybridized carbons (Fsp3) is 0.962. The van der Waals surface area contributed by atoms with E-state index in [1.165, 1.54) is 6.92 Å². The summed E-state index contributed by atoms with van der Waals surface area (Å²) in [6.45, 7) is -0.580.